The number of carbonyl (C=O) groups is 1. The summed E-state index contributed by atoms with van der Waals surface area (Å²) in [6, 6.07) is 5.44. The molecule has 0 atom stereocenters. The van der Waals surface area contributed by atoms with Crippen LogP contribution in [-0.2, 0) is 30.7 Å². The van der Waals surface area contributed by atoms with Gasteiger partial charge in [-0.15, -0.1) is 0 Å². The summed E-state index contributed by atoms with van der Waals surface area (Å²) in [6.45, 7) is 3.09. The summed E-state index contributed by atoms with van der Waals surface area (Å²) in [6.07, 6.45) is 6.44. The van der Waals surface area contributed by atoms with Crippen LogP contribution in [0, 0.1) is 0 Å². The maximum absolute atomic E-state index is 12.7. The molecule has 0 bridgehead atoms. The fraction of sp³-hybridized carbons (Fsp3) is 0.316. The Morgan fingerprint density at radius 1 is 1.26 bits per heavy atom. The molecule has 1 aliphatic heterocycles. The first-order valence-electron chi connectivity index (χ1n) is 8.97. The second-order valence-electron chi connectivity index (χ2n) is 6.44. The van der Waals surface area contributed by atoms with Crippen LogP contribution in [0.1, 0.15) is 24.0 Å². The van der Waals surface area contributed by atoms with Crippen LogP contribution >= 0.6 is 0 Å². The average Bonchev–Trinajstić information content (AvgIpc) is 3.15. The van der Waals surface area contributed by atoms with Gasteiger partial charge in [0.1, 0.15) is 18.1 Å². The number of imidazole rings is 1. The number of aromatic nitrogens is 5. The van der Waals surface area contributed by atoms with Crippen molar-refractivity contribution in [3.63, 3.8) is 0 Å². The zero-order valence-corrected chi connectivity index (χ0v) is 15.1. The minimum atomic E-state index is -0.157. The van der Waals surface area contributed by atoms with Gasteiger partial charge >= 0.3 is 0 Å². The maximum Gasteiger partial charge on any atom is 0.254 e. The molecule has 3 aromatic rings. The van der Waals surface area contributed by atoms with E-state index >= 15 is 0 Å². The molecule has 4 rings (SSSR count). The van der Waals surface area contributed by atoms with E-state index in [0.29, 0.717) is 42.3 Å². The SMILES string of the molecule is CCc1nccn1CC(=O)N1CCc2c(nc(-c3ccccn3)[nH]c2=O)C1. The quantitative estimate of drug-likeness (QED) is 0.750. The van der Waals surface area contributed by atoms with Crippen molar-refractivity contribution in [3.05, 3.63) is 64.2 Å². The van der Waals surface area contributed by atoms with Crippen molar-refractivity contribution >= 4 is 5.91 Å². The molecule has 0 spiro atoms. The Hall–Kier alpha value is -3.29. The predicted octanol–water partition coefficient (Wildman–Crippen LogP) is 1.18. The molecule has 0 saturated heterocycles. The Labute approximate surface area is 155 Å². The van der Waals surface area contributed by atoms with Crippen molar-refractivity contribution in [2.24, 2.45) is 0 Å². The second kappa shape index (κ2) is 7.14. The van der Waals surface area contributed by atoms with Gasteiger partial charge in [-0.2, -0.15) is 0 Å². The third-order valence-electron chi connectivity index (χ3n) is 4.76. The van der Waals surface area contributed by atoms with E-state index in [-0.39, 0.29) is 18.0 Å². The molecule has 4 heterocycles. The summed E-state index contributed by atoms with van der Waals surface area (Å²) < 4.78 is 1.86. The number of rotatable bonds is 4. The van der Waals surface area contributed by atoms with Crippen LogP contribution in [0.4, 0.5) is 0 Å². The largest absolute Gasteiger partial charge is 0.335 e. The molecule has 0 fully saturated rings. The first-order chi connectivity index (χ1) is 13.2. The smallest absolute Gasteiger partial charge is 0.254 e. The number of H-pyrrole nitrogens is 1. The lowest BCUT2D eigenvalue weighted by atomic mass is 10.1. The highest BCUT2D eigenvalue weighted by Crippen LogP contribution is 2.18. The number of aromatic amines is 1. The number of amides is 1. The third-order valence-corrected chi connectivity index (χ3v) is 4.76. The van der Waals surface area contributed by atoms with Crippen molar-refractivity contribution in [2.75, 3.05) is 6.54 Å². The van der Waals surface area contributed by atoms with Crippen LogP contribution in [0.5, 0.6) is 0 Å². The number of fused-ring (bicyclic) bond motifs is 1. The number of aryl methyl sites for hydroxylation is 1. The summed E-state index contributed by atoms with van der Waals surface area (Å²) >= 11 is 0. The van der Waals surface area contributed by atoms with Crippen molar-refractivity contribution in [2.45, 2.75) is 32.9 Å². The normalized spacial score (nSPS) is 13.4. The predicted molar refractivity (Wildman–Crippen MR) is 98.8 cm³/mol. The molecule has 8 nitrogen and oxygen atoms in total. The van der Waals surface area contributed by atoms with Gasteiger partial charge in [-0.05, 0) is 18.6 Å². The Morgan fingerprint density at radius 3 is 2.93 bits per heavy atom. The van der Waals surface area contributed by atoms with Gasteiger partial charge in [-0.1, -0.05) is 13.0 Å². The van der Waals surface area contributed by atoms with Crippen molar-refractivity contribution in [1.29, 1.82) is 0 Å². The van der Waals surface area contributed by atoms with Crippen LogP contribution < -0.4 is 5.56 Å². The number of hydrogen-bond acceptors (Lipinski definition) is 5. The topological polar surface area (TPSA) is 96.8 Å². The Morgan fingerprint density at radius 2 is 2.15 bits per heavy atom. The molecule has 1 N–H and O–H groups in total. The van der Waals surface area contributed by atoms with E-state index in [1.807, 2.05) is 23.8 Å². The lowest BCUT2D eigenvalue weighted by molar-refractivity contribution is -0.132. The van der Waals surface area contributed by atoms with Gasteiger partial charge in [0.05, 0.1) is 12.2 Å². The molecule has 0 radical (unpaired) electrons. The van der Waals surface area contributed by atoms with E-state index in [1.165, 1.54) is 0 Å². The molecule has 27 heavy (non-hydrogen) atoms. The van der Waals surface area contributed by atoms with Crippen LogP contribution in [0.2, 0.25) is 0 Å². The molecule has 0 aromatic carbocycles. The first kappa shape index (κ1) is 17.1. The number of nitrogens with zero attached hydrogens (tertiary/aromatic N) is 5. The molecule has 8 heteroatoms. The molecule has 1 aliphatic rings. The molecule has 138 valence electrons. The van der Waals surface area contributed by atoms with Gasteiger partial charge in [-0.25, -0.2) is 9.97 Å². The zero-order valence-electron chi connectivity index (χ0n) is 15.1. The summed E-state index contributed by atoms with van der Waals surface area (Å²) in [5.74, 6) is 1.30. The summed E-state index contributed by atoms with van der Waals surface area (Å²) in [5, 5.41) is 0. The molecule has 0 saturated carbocycles. The van der Waals surface area contributed by atoms with E-state index in [4.69, 9.17) is 0 Å². The molecular formula is C19H20N6O2. The average molecular weight is 364 g/mol. The highest BCUT2D eigenvalue weighted by molar-refractivity contribution is 5.76. The van der Waals surface area contributed by atoms with Gasteiger partial charge < -0.3 is 14.5 Å². The van der Waals surface area contributed by atoms with Crippen molar-refractivity contribution in [1.82, 2.24) is 29.4 Å². The maximum atomic E-state index is 12.7. The van der Waals surface area contributed by atoms with Gasteiger partial charge in [-0.3, -0.25) is 14.6 Å². The molecule has 1 amide bonds. The van der Waals surface area contributed by atoms with Crippen molar-refractivity contribution < 1.29 is 4.79 Å². The highest BCUT2D eigenvalue weighted by atomic mass is 16.2. The Bertz CT molecular complexity index is 1020. The van der Waals surface area contributed by atoms with Crippen LogP contribution in [0.25, 0.3) is 11.5 Å². The fourth-order valence-electron chi connectivity index (χ4n) is 3.32. The summed E-state index contributed by atoms with van der Waals surface area (Å²) in [5.41, 5.74) is 1.73. The van der Waals surface area contributed by atoms with Crippen molar-refractivity contribution in [3.8, 4) is 11.5 Å². The van der Waals surface area contributed by atoms with E-state index in [2.05, 4.69) is 19.9 Å². The Kier molecular flexibility index (Phi) is 4.53. The minimum absolute atomic E-state index is 0.00480. The van der Waals surface area contributed by atoms with Crippen LogP contribution in [0.15, 0.2) is 41.6 Å². The van der Waals surface area contributed by atoms with E-state index in [0.717, 1.165) is 12.2 Å². The summed E-state index contributed by atoms with van der Waals surface area (Å²) in [7, 11) is 0. The number of pyridine rings is 1. The summed E-state index contributed by atoms with van der Waals surface area (Å²) in [4.78, 5) is 42.8. The van der Waals surface area contributed by atoms with Crippen LogP contribution in [-0.4, -0.2) is 41.9 Å². The van der Waals surface area contributed by atoms with Gasteiger partial charge in [0, 0.05) is 37.1 Å². The molecule has 0 aliphatic carbocycles. The van der Waals surface area contributed by atoms with Gasteiger partial charge in [0.2, 0.25) is 5.91 Å². The standard InChI is InChI=1S/C19H20N6O2/c1-2-16-21-8-10-24(16)12-17(26)25-9-6-13-15(11-25)22-18(23-19(13)27)14-5-3-4-7-20-14/h3-5,7-8,10H,2,6,9,11-12H2,1H3,(H,22,23,27). The van der Waals surface area contributed by atoms with Gasteiger partial charge in [0.15, 0.2) is 5.82 Å². The minimum Gasteiger partial charge on any atom is -0.335 e. The second-order valence-corrected chi connectivity index (χ2v) is 6.44. The molecule has 0 unspecified atom stereocenters. The lowest BCUT2D eigenvalue weighted by Crippen LogP contribution is -2.40. The third kappa shape index (κ3) is 3.38. The number of nitrogens with one attached hydrogen (secondary N) is 1. The fourth-order valence-corrected chi connectivity index (χ4v) is 3.32. The van der Waals surface area contributed by atoms with Crippen LogP contribution in [0.3, 0.4) is 0 Å². The highest BCUT2D eigenvalue weighted by Gasteiger charge is 2.25. The van der Waals surface area contributed by atoms with Gasteiger partial charge in [0.25, 0.3) is 5.56 Å². The lowest BCUT2D eigenvalue weighted by Gasteiger charge is -2.28. The van der Waals surface area contributed by atoms with E-state index in [1.54, 1.807) is 29.4 Å². The molecule has 3 aromatic heterocycles. The number of hydrogen-bond donors (Lipinski definition) is 1. The first-order valence-corrected chi connectivity index (χ1v) is 8.97. The monoisotopic (exact) mass is 364 g/mol. The Balaban J connectivity index is 1.58. The van der Waals surface area contributed by atoms with E-state index < -0.39 is 0 Å². The molecular weight excluding hydrogens is 344 g/mol. The zero-order chi connectivity index (χ0) is 18.8. The van der Waals surface area contributed by atoms with E-state index in [9.17, 15) is 9.59 Å². The number of carbonyl (C=O) groups excluding carboxylic acids is 1.